The lowest BCUT2D eigenvalue weighted by Gasteiger charge is -2.04. The fourth-order valence-electron chi connectivity index (χ4n) is 1.66. The van der Waals surface area contributed by atoms with Crippen LogP contribution in [0.5, 0.6) is 0 Å². The van der Waals surface area contributed by atoms with Crippen LogP contribution in [-0.4, -0.2) is 19.6 Å². The molecule has 4 nitrogen and oxygen atoms in total. The molecule has 1 aromatic carbocycles. The molecule has 0 radical (unpaired) electrons. The van der Waals surface area contributed by atoms with E-state index >= 15 is 0 Å². The summed E-state index contributed by atoms with van der Waals surface area (Å²) in [6.45, 7) is 0. The van der Waals surface area contributed by atoms with E-state index in [1.165, 1.54) is 6.20 Å². The molecule has 0 amide bonds. The monoisotopic (exact) mass is 298 g/mol. The molecule has 0 fully saturated rings. The van der Waals surface area contributed by atoms with Crippen molar-refractivity contribution in [2.45, 2.75) is 0 Å². The van der Waals surface area contributed by atoms with Crippen LogP contribution in [0.1, 0.15) is 0 Å². The van der Waals surface area contributed by atoms with Crippen molar-refractivity contribution in [3.05, 3.63) is 45.8 Å². The highest BCUT2D eigenvalue weighted by Crippen LogP contribution is 2.30. The van der Waals surface area contributed by atoms with Gasteiger partial charge in [-0.2, -0.15) is 0 Å². The molecule has 2 heterocycles. The van der Waals surface area contributed by atoms with E-state index in [9.17, 15) is 0 Å². The number of nitrogens with zero attached hydrogens (tertiary/aromatic N) is 4. The summed E-state index contributed by atoms with van der Waals surface area (Å²) in [5, 5.41) is 9.57. The van der Waals surface area contributed by atoms with Gasteiger partial charge in [0.2, 0.25) is 0 Å². The molecule has 0 bridgehead atoms. The minimum atomic E-state index is 0.406. The summed E-state index contributed by atoms with van der Waals surface area (Å²) < 4.78 is 1.66. The molecule has 2 aromatic heterocycles. The Balaban J connectivity index is 2.35. The SMILES string of the molecule is Clc1ccc(Cl)c(-c2nnc3cncc(Cl)n23)c1. The molecule has 0 saturated carbocycles. The predicted molar refractivity (Wildman–Crippen MR) is 71.2 cm³/mol. The van der Waals surface area contributed by atoms with Crippen LogP contribution in [0.25, 0.3) is 17.0 Å². The summed E-state index contributed by atoms with van der Waals surface area (Å²) in [5.41, 5.74) is 1.22. The molecule has 0 aliphatic rings. The zero-order chi connectivity index (χ0) is 12.7. The van der Waals surface area contributed by atoms with Gasteiger partial charge >= 0.3 is 0 Å². The summed E-state index contributed by atoms with van der Waals surface area (Å²) >= 11 is 18.2. The minimum Gasteiger partial charge on any atom is -0.262 e. The second-order valence-corrected chi connectivity index (χ2v) is 4.80. The van der Waals surface area contributed by atoms with Gasteiger partial charge in [0.25, 0.3) is 0 Å². The van der Waals surface area contributed by atoms with Gasteiger partial charge in [0.15, 0.2) is 11.5 Å². The lowest BCUT2D eigenvalue weighted by atomic mass is 10.2. The van der Waals surface area contributed by atoms with Gasteiger partial charge < -0.3 is 0 Å². The molecule has 0 unspecified atom stereocenters. The zero-order valence-electron chi connectivity index (χ0n) is 8.81. The van der Waals surface area contributed by atoms with Crippen molar-refractivity contribution in [3.8, 4) is 11.4 Å². The highest BCUT2D eigenvalue weighted by Gasteiger charge is 2.14. The van der Waals surface area contributed by atoms with Crippen LogP contribution in [-0.2, 0) is 0 Å². The first kappa shape index (κ1) is 11.7. The van der Waals surface area contributed by atoms with E-state index in [0.717, 1.165) is 0 Å². The van der Waals surface area contributed by atoms with E-state index in [1.54, 1.807) is 28.8 Å². The van der Waals surface area contributed by atoms with E-state index in [0.29, 0.717) is 32.2 Å². The second-order valence-electron chi connectivity index (χ2n) is 3.57. The Morgan fingerprint density at radius 3 is 2.67 bits per heavy atom. The zero-order valence-corrected chi connectivity index (χ0v) is 11.1. The first-order valence-corrected chi connectivity index (χ1v) is 6.10. The van der Waals surface area contributed by atoms with Crippen LogP contribution in [0.3, 0.4) is 0 Å². The normalized spacial score (nSPS) is 11.1. The second kappa shape index (κ2) is 4.39. The maximum Gasteiger partial charge on any atom is 0.180 e. The van der Waals surface area contributed by atoms with Crippen molar-refractivity contribution in [1.82, 2.24) is 19.6 Å². The van der Waals surface area contributed by atoms with Crippen molar-refractivity contribution < 1.29 is 0 Å². The van der Waals surface area contributed by atoms with Crippen molar-refractivity contribution in [3.63, 3.8) is 0 Å². The standard InChI is InChI=1S/C11H5Cl3N4/c12-6-1-2-8(13)7(3-6)11-17-16-10-5-15-4-9(14)18(10)11/h1-5H. The third-order valence-corrected chi connectivity index (χ3v) is 3.27. The topological polar surface area (TPSA) is 43.1 Å². The molecule has 18 heavy (non-hydrogen) atoms. The molecule has 7 heteroatoms. The largest absolute Gasteiger partial charge is 0.262 e. The van der Waals surface area contributed by atoms with Gasteiger partial charge in [-0.05, 0) is 18.2 Å². The van der Waals surface area contributed by atoms with E-state index in [1.807, 2.05) is 0 Å². The Kier molecular flexibility index (Phi) is 2.86. The Hall–Kier alpha value is -1.36. The van der Waals surface area contributed by atoms with Crippen molar-refractivity contribution in [2.24, 2.45) is 0 Å². The molecule has 0 saturated heterocycles. The van der Waals surface area contributed by atoms with Gasteiger partial charge in [0.05, 0.1) is 17.4 Å². The number of fused-ring (bicyclic) bond motifs is 1. The van der Waals surface area contributed by atoms with Gasteiger partial charge in [0.1, 0.15) is 5.15 Å². The fraction of sp³-hybridized carbons (Fsp3) is 0. The molecule has 90 valence electrons. The Morgan fingerprint density at radius 1 is 1.00 bits per heavy atom. The smallest absolute Gasteiger partial charge is 0.180 e. The minimum absolute atomic E-state index is 0.406. The fourth-order valence-corrected chi connectivity index (χ4v) is 2.25. The number of benzene rings is 1. The molecular formula is C11H5Cl3N4. The summed E-state index contributed by atoms with van der Waals surface area (Å²) in [6.07, 6.45) is 3.08. The van der Waals surface area contributed by atoms with Crippen LogP contribution in [0.4, 0.5) is 0 Å². The van der Waals surface area contributed by atoms with Gasteiger partial charge in [-0.1, -0.05) is 34.8 Å². The van der Waals surface area contributed by atoms with Crippen LogP contribution >= 0.6 is 34.8 Å². The lowest BCUT2D eigenvalue weighted by Crippen LogP contribution is -1.93. The molecular weight excluding hydrogens is 295 g/mol. The highest BCUT2D eigenvalue weighted by molar-refractivity contribution is 6.35. The molecule has 0 atom stereocenters. The Bertz CT molecular complexity index is 738. The van der Waals surface area contributed by atoms with Crippen LogP contribution < -0.4 is 0 Å². The molecule has 0 N–H and O–H groups in total. The first-order valence-electron chi connectivity index (χ1n) is 4.97. The summed E-state index contributed by atoms with van der Waals surface area (Å²) in [6, 6.07) is 5.13. The Labute approximate surface area is 117 Å². The average Bonchev–Trinajstić information content (AvgIpc) is 2.77. The van der Waals surface area contributed by atoms with Gasteiger partial charge in [-0.15, -0.1) is 10.2 Å². The molecule has 0 aliphatic carbocycles. The molecule has 3 aromatic rings. The highest BCUT2D eigenvalue weighted by atomic mass is 35.5. The van der Waals surface area contributed by atoms with Crippen LogP contribution in [0, 0.1) is 0 Å². The maximum absolute atomic E-state index is 6.14. The van der Waals surface area contributed by atoms with E-state index < -0.39 is 0 Å². The lowest BCUT2D eigenvalue weighted by molar-refractivity contribution is 1.11. The van der Waals surface area contributed by atoms with Gasteiger partial charge in [-0.25, -0.2) is 0 Å². The van der Waals surface area contributed by atoms with E-state index in [4.69, 9.17) is 34.8 Å². The third kappa shape index (κ3) is 1.82. The predicted octanol–water partition coefficient (Wildman–Crippen LogP) is 3.75. The number of hydrogen-bond donors (Lipinski definition) is 0. The van der Waals surface area contributed by atoms with Crippen LogP contribution in [0.15, 0.2) is 30.6 Å². The van der Waals surface area contributed by atoms with Crippen molar-refractivity contribution >= 4 is 40.4 Å². The quantitative estimate of drug-likeness (QED) is 0.687. The Morgan fingerprint density at radius 2 is 1.83 bits per heavy atom. The number of hydrogen-bond acceptors (Lipinski definition) is 3. The van der Waals surface area contributed by atoms with Crippen molar-refractivity contribution in [2.75, 3.05) is 0 Å². The number of halogens is 3. The molecule has 3 rings (SSSR count). The first-order chi connectivity index (χ1) is 8.66. The van der Waals surface area contributed by atoms with Gasteiger partial charge in [0, 0.05) is 10.6 Å². The number of aromatic nitrogens is 4. The van der Waals surface area contributed by atoms with Gasteiger partial charge in [-0.3, -0.25) is 9.38 Å². The summed E-state index contributed by atoms with van der Waals surface area (Å²) in [4.78, 5) is 3.95. The molecule has 0 aliphatic heterocycles. The summed E-state index contributed by atoms with van der Waals surface area (Å²) in [7, 11) is 0. The van der Waals surface area contributed by atoms with E-state index in [2.05, 4.69) is 15.2 Å². The average molecular weight is 300 g/mol. The maximum atomic E-state index is 6.14. The molecule has 0 spiro atoms. The van der Waals surface area contributed by atoms with E-state index in [-0.39, 0.29) is 0 Å². The summed E-state index contributed by atoms with van der Waals surface area (Å²) in [5.74, 6) is 0.532. The third-order valence-electron chi connectivity index (χ3n) is 2.44. The van der Waals surface area contributed by atoms with Crippen LogP contribution in [0.2, 0.25) is 15.2 Å². The number of rotatable bonds is 1. The van der Waals surface area contributed by atoms with Crippen molar-refractivity contribution in [1.29, 1.82) is 0 Å².